The van der Waals surface area contributed by atoms with Gasteiger partial charge in [0.1, 0.15) is 0 Å². The van der Waals surface area contributed by atoms with Crippen molar-refractivity contribution in [2.24, 2.45) is 0 Å². The molecule has 5 nitrogen and oxygen atoms in total. The summed E-state index contributed by atoms with van der Waals surface area (Å²) in [6.45, 7) is 0.578. The van der Waals surface area contributed by atoms with E-state index < -0.39 is 10.0 Å². The number of nitrogens with one attached hydrogen (secondary N) is 1. The van der Waals surface area contributed by atoms with Gasteiger partial charge in [0, 0.05) is 13.2 Å². The third-order valence-corrected chi connectivity index (χ3v) is 4.37. The average Bonchev–Trinajstić information content (AvgIpc) is 2.44. The molecule has 0 amide bonds. The van der Waals surface area contributed by atoms with Crippen molar-refractivity contribution in [1.82, 2.24) is 4.72 Å². The van der Waals surface area contributed by atoms with Crippen LogP contribution >= 0.6 is 0 Å². The van der Waals surface area contributed by atoms with Crippen molar-refractivity contribution in [3.8, 4) is 6.07 Å². The van der Waals surface area contributed by atoms with E-state index in [1.807, 2.05) is 6.07 Å². The Morgan fingerprint density at radius 3 is 2.35 bits per heavy atom. The molecule has 20 heavy (non-hydrogen) atoms. The van der Waals surface area contributed by atoms with Gasteiger partial charge in [0.2, 0.25) is 10.0 Å². The highest BCUT2D eigenvalue weighted by Gasteiger charge is 2.12. The molecule has 1 rings (SSSR count). The van der Waals surface area contributed by atoms with Crippen molar-refractivity contribution in [2.45, 2.75) is 37.0 Å². The summed E-state index contributed by atoms with van der Waals surface area (Å²) in [7, 11) is -3.47. The molecule has 0 unspecified atom stereocenters. The van der Waals surface area contributed by atoms with Crippen LogP contribution in [0.15, 0.2) is 29.2 Å². The summed E-state index contributed by atoms with van der Waals surface area (Å²) in [5.74, 6) is 0. The van der Waals surface area contributed by atoms with Crippen molar-refractivity contribution >= 4 is 10.0 Å². The van der Waals surface area contributed by atoms with Crippen LogP contribution < -0.4 is 4.72 Å². The summed E-state index contributed by atoms with van der Waals surface area (Å²) in [6, 6.07) is 8.35. The second-order valence-corrected chi connectivity index (χ2v) is 6.28. The zero-order valence-corrected chi connectivity index (χ0v) is 12.2. The molecule has 0 aliphatic rings. The number of rotatable bonds is 9. The first kappa shape index (κ1) is 16.6. The second-order valence-electron chi connectivity index (χ2n) is 4.51. The third-order valence-electron chi connectivity index (χ3n) is 2.89. The van der Waals surface area contributed by atoms with Gasteiger partial charge in [0.05, 0.1) is 17.4 Å². The van der Waals surface area contributed by atoms with Gasteiger partial charge in [0.15, 0.2) is 0 Å². The number of sulfonamides is 1. The number of hydrogen-bond acceptors (Lipinski definition) is 4. The van der Waals surface area contributed by atoms with E-state index in [-0.39, 0.29) is 17.9 Å². The van der Waals surface area contributed by atoms with Crippen molar-refractivity contribution in [2.75, 3.05) is 13.2 Å². The van der Waals surface area contributed by atoms with E-state index in [2.05, 4.69) is 4.72 Å². The van der Waals surface area contributed by atoms with Crippen LogP contribution in [0.3, 0.4) is 0 Å². The minimum Gasteiger partial charge on any atom is -0.396 e. The summed E-state index contributed by atoms with van der Waals surface area (Å²) in [5, 5.41) is 17.2. The fraction of sp³-hybridized carbons (Fsp3) is 0.500. The van der Waals surface area contributed by atoms with Gasteiger partial charge in [-0.15, -0.1) is 0 Å². The number of unbranched alkanes of at least 4 members (excludes halogenated alkanes) is 3. The molecule has 0 heterocycles. The zero-order valence-electron chi connectivity index (χ0n) is 11.4. The molecule has 1 aromatic rings. The fourth-order valence-corrected chi connectivity index (χ4v) is 2.83. The maximum absolute atomic E-state index is 12.0. The van der Waals surface area contributed by atoms with Crippen molar-refractivity contribution in [3.63, 3.8) is 0 Å². The smallest absolute Gasteiger partial charge is 0.240 e. The first-order chi connectivity index (χ1) is 9.60. The molecule has 0 aromatic heterocycles. The molecule has 0 radical (unpaired) electrons. The van der Waals surface area contributed by atoms with Gasteiger partial charge in [-0.2, -0.15) is 5.26 Å². The molecule has 0 aliphatic carbocycles. The molecule has 6 heteroatoms. The standard InChI is InChI=1S/C14H20N2O3S/c15-10-9-13-5-7-14(8-6-13)20(18,19)16-11-3-1-2-4-12-17/h5-8,16-17H,1-4,9,11-12H2. The quantitative estimate of drug-likeness (QED) is 0.677. The lowest BCUT2D eigenvalue weighted by Gasteiger charge is -2.07. The van der Waals surface area contributed by atoms with Gasteiger partial charge < -0.3 is 5.11 Å². The summed E-state index contributed by atoms with van der Waals surface area (Å²) >= 11 is 0. The van der Waals surface area contributed by atoms with Crippen molar-refractivity contribution < 1.29 is 13.5 Å². The van der Waals surface area contributed by atoms with Gasteiger partial charge in [-0.3, -0.25) is 0 Å². The van der Waals surface area contributed by atoms with E-state index in [9.17, 15) is 8.42 Å². The van der Waals surface area contributed by atoms with E-state index in [0.717, 1.165) is 31.2 Å². The van der Waals surface area contributed by atoms with Gasteiger partial charge in [-0.25, -0.2) is 13.1 Å². The van der Waals surface area contributed by atoms with E-state index in [1.165, 1.54) is 12.1 Å². The van der Waals surface area contributed by atoms with Crippen molar-refractivity contribution in [3.05, 3.63) is 29.8 Å². The highest BCUT2D eigenvalue weighted by molar-refractivity contribution is 7.89. The molecule has 0 atom stereocenters. The molecular formula is C14H20N2O3S. The topological polar surface area (TPSA) is 90.2 Å². The van der Waals surface area contributed by atoms with Crippen LogP contribution in [0.2, 0.25) is 0 Å². The predicted molar refractivity (Wildman–Crippen MR) is 76.5 cm³/mol. The maximum Gasteiger partial charge on any atom is 0.240 e. The predicted octanol–water partition coefficient (Wildman–Crippen LogP) is 1.58. The van der Waals surface area contributed by atoms with Crippen LogP contribution in [-0.4, -0.2) is 26.7 Å². The van der Waals surface area contributed by atoms with Crippen LogP contribution in [0.25, 0.3) is 0 Å². The SMILES string of the molecule is N#CCc1ccc(S(=O)(=O)NCCCCCCO)cc1. The molecule has 1 aromatic carbocycles. The first-order valence-corrected chi connectivity index (χ1v) is 8.15. The Kier molecular flexibility index (Phi) is 7.23. The fourth-order valence-electron chi connectivity index (χ4n) is 1.76. The lowest BCUT2D eigenvalue weighted by Crippen LogP contribution is -2.24. The number of benzene rings is 1. The Labute approximate surface area is 120 Å². The number of nitrogens with zero attached hydrogens (tertiary/aromatic N) is 1. The maximum atomic E-state index is 12.0. The van der Waals surface area contributed by atoms with Gasteiger partial charge in [0.25, 0.3) is 0 Å². The van der Waals surface area contributed by atoms with Crippen LogP contribution in [0.4, 0.5) is 0 Å². The largest absolute Gasteiger partial charge is 0.396 e. The molecular weight excluding hydrogens is 276 g/mol. The van der Waals surface area contributed by atoms with E-state index >= 15 is 0 Å². The number of nitriles is 1. The van der Waals surface area contributed by atoms with Crippen LogP contribution in [0.1, 0.15) is 31.2 Å². The van der Waals surface area contributed by atoms with Gasteiger partial charge >= 0.3 is 0 Å². The Bertz CT molecular complexity index is 533. The number of aliphatic hydroxyl groups excluding tert-OH is 1. The van der Waals surface area contributed by atoms with E-state index in [4.69, 9.17) is 10.4 Å². The van der Waals surface area contributed by atoms with Crippen LogP contribution in [0.5, 0.6) is 0 Å². The Morgan fingerprint density at radius 2 is 1.75 bits per heavy atom. The monoisotopic (exact) mass is 296 g/mol. The van der Waals surface area contributed by atoms with E-state index in [0.29, 0.717) is 6.54 Å². The molecule has 0 bridgehead atoms. The molecule has 0 fully saturated rings. The summed E-state index contributed by atoms with van der Waals surface area (Å²) < 4.78 is 26.5. The Balaban J connectivity index is 2.46. The molecule has 110 valence electrons. The summed E-state index contributed by atoms with van der Waals surface area (Å²) in [5.41, 5.74) is 0.801. The number of aliphatic hydroxyl groups is 1. The normalized spacial score (nSPS) is 11.2. The minimum atomic E-state index is -3.47. The second kappa shape index (κ2) is 8.69. The lowest BCUT2D eigenvalue weighted by molar-refractivity contribution is 0.282. The van der Waals surface area contributed by atoms with Gasteiger partial charge in [-0.1, -0.05) is 25.0 Å². The molecule has 0 spiro atoms. The third kappa shape index (κ3) is 5.70. The summed E-state index contributed by atoms with van der Waals surface area (Å²) in [6.07, 6.45) is 3.59. The zero-order chi connectivity index (χ0) is 14.8. The van der Waals surface area contributed by atoms with Crippen LogP contribution in [0, 0.1) is 11.3 Å². The molecule has 0 saturated heterocycles. The lowest BCUT2D eigenvalue weighted by atomic mass is 10.2. The highest BCUT2D eigenvalue weighted by Crippen LogP contribution is 2.11. The van der Waals surface area contributed by atoms with Crippen LogP contribution in [-0.2, 0) is 16.4 Å². The number of hydrogen-bond donors (Lipinski definition) is 2. The Morgan fingerprint density at radius 1 is 1.10 bits per heavy atom. The molecule has 2 N–H and O–H groups in total. The molecule has 0 aliphatic heterocycles. The average molecular weight is 296 g/mol. The first-order valence-electron chi connectivity index (χ1n) is 6.66. The molecule has 0 saturated carbocycles. The van der Waals surface area contributed by atoms with Gasteiger partial charge in [-0.05, 0) is 30.5 Å². The Hall–Kier alpha value is -1.42. The highest BCUT2D eigenvalue weighted by atomic mass is 32.2. The summed E-state index contributed by atoms with van der Waals surface area (Å²) in [4.78, 5) is 0.217. The minimum absolute atomic E-state index is 0.181. The van der Waals surface area contributed by atoms with E-state index in [1.54, 1.807) is 12.1 Å². The van der Waals surface area contributed by atoms with Crippen molar-refractivity contribution in [1.29, 1.82) is 5.26 Å².